The fourth-order valence-corrected chi connectivity index (χ4v) is 2.30. The summed E-state index contributed by atoms with van der Waals surface area (Å²) in [5.74, 6) is -0.265. The number of carbonyl (C=O) groups is 1. The van der Waals surface area contributed by atoms with E-state index in [0.29, 0.717) is 19.0 Å². The van der Waals surface area contributed by atoms with Crippen molar-refractivity contribution >= 4 is 6.03 Å². The summed E-state index contributed by atoms with van der Waals surface area (Å²) in [5.41, 5.74) is 0.932. The number of hydrogen-bond donors (Lipinski definition) is 2. The average molecular weight is 294 g/mol. The van der Waals surface area contributed by atoms with E-state index in [4.69, 9.17) is 5.11 Å². The molecule has 0 bridgehead atoms. The zero-order valence-electron chi connectivity index (χ0n) is 12.4. The van der Waals surface area contributed by atoms with Gasteiger partial charge in [0.25, 0.3) is 0 Å². The molecule has 0 spiro atoms. The van der Waals surface area contributed by atoms with Crippen LogP contribution in [0, 0.1) is 5.82 Å². The maximum absolute atomic E-state index is 12.9. The number of benzene rings is 1. The molecule has 1 aromatic rings. The van der Waals surface area contributed by atoms with E-state index in [1.165, 1.54) is 12.1 Å². The van der Waals surface area contributed by atoms with Gasteiger partial charge in [-0.3, -0.25) is 0 Å². The lowest BCUT2D eigenvalue weighted by Gasteiger charge is -2.25. The van der Waals surface area contributed by atoms with Gasteiger partial charge in [0.05, 0.1) is 0 Å². The van der Waals surface area contributed by atoms with E-state index in [1.54, 1.807) is 12.1 Å². The molecule has 4 nitrogen and oxygen atoms in total. The zero-order chi connectivity index (χ0) is 15.2. The summed E-state index contributed by atoms with van der Waals surface area (Å²) in [5, 5.41) is 11.8. The Balaban J connectivity index is 1.92. The second-order valence-corrected chi connectivity index (χ2v) is 5.70. The largest absolute Gasteiger partial charge is 0.396 e. The third-order valence-electron chi connectivity index (χ3n) is 3.68. The van der Waals surface area contributed by atoms with Crippen LogP contribution < -0.4 is 5.32 Å². The van der Waals surface area contributed by atoms with Crippen molar-refractivity contribution < 1.29 is 14.3 Å². The molecule has 1 atom stereocenters. The molecular formula is C16H23FN2O2. The van der Waals surface area contributed by atoms with Crippen molar-refractivity contribution in [2.75, 3.05) is 6.61 Å². The zero-order valence-corrected chi connectivity index (χ0v) is 12.4. The van der Waals surface area contributed by atoms with Crippen molar-refractivity contribution in [3.8, 4) is 0 Å². The predicted octanol–water partition coefficient (Wildman–Crippen LogP) is 2.66. The quantitative estimate of drug-likeness (QED) is 0.812. The minimum absolute atomic E-state index is 0.0408. The molecule has 1 aromatic carbocycles. The lowest BCUT2D eigenvalue weighted by Crippen LogP contribution is -2.44. The molecule has 2 rings (SSSR count). The van der Waals surface area contributed by atoms with Crippen LogP contribution in [0.3, 0.4) is 0 Å². The van der Waals surface area contributed by atoms with E-state index >= 15 is 0 Å². The van der Waals surface area contributed by atoms with Crippen molar-refractivity contribution in [2.45, 2.75) is 51.2 Å². The summed E-state index contributed by atoms with van der Waals surface area (Å²) in [4.78, 5) is 14.2. The Bertz CT molecular complexity index is 460. The molecule has 0 saturated heterocycles. The van der Waals surface area contributed by atoms with Gasteiger partial charge in [-0.2, -0.15) is 0 Å². The van der Waals surface area contributed by atoms with Gasteiger partial charge < -0.3 is 15.3 Å². The molecule has 5 heteroatoms. The molecular weight excluding hydrogens is 271 g/mol. The molecule has 1 unspecified atom stereocenters. The molecule has 0 radical (unpaired) electrons. The van der Waals surface area contributed by atoms with Crippen molar-refractivity contribution in [1.29, 1.82) is 0 Å². The van der Waals surface area contributed by atoms with Crippen molar-refractivity contribution in [3.63, 3.8) is 0 Å². The Morgan fingerprint density at radius 2 is 2.10 bits per heavy atom. The van der Waals surface area contributed by atoms with Crippen LogP contribution in [0.25, 0.3) is 0 Å². The predicted molar refractivity (Wildman–Crippen MR) is 79.3 cm³/mol. The molecule has 1 aliphatic rings. The van der Waals surface area contributed by atoms with Gasteiger partial charge in [0.15, 0.2) is 0 Å². The normalized spacial score (nSPS) is 15.6. The number of urea groups is 1. The maximum Gasteiger partial charge on any atom is 0.318 e. The van der Waals surface area contributed by atoms with Crippen LogP contribution in [0.15, 0.2) is 24.3 Å². The molecule has 116 valence electrons. The van der Waals surface area contributed by atoms with Gasteiger partial charge >= 0.3 is 6.03 Å². The minimum Gasteiger partial charge on any atom is -0.396 e. The maximum atomic E-state index is 12.9. The molecule has 0 aliphatic heterocycles. The van der Waals surface area contributed by atoms with Crippen LogP contribution in [0.5, 0.6) is 0 Å². The SMILES string of the molecule is CC(CCCO)NC(=O)N(Cc1ccc(F)cc1)C1CC1. The number of hydrogen-bond acceptors (Lipinski definition) is 2. The number of rotatable bonds is 7. The van der Waals surface area contributed by atoms with E-state index in [2.05, 4.69) is 5.32 Å². The topological polar surface area (TPSA) is 52.6 Å². The van der Waals surface area contributed by atoms with Crippen molar-refractivity contribution in [2.24, 2.45) is 0 Å². The Kier molecular flexibility index (Phi) is 5.56. The Hall–Kier alpha value is -1.62. The Morgan fingerprint density at radius 3 is 2.67 bits per heavy atom. The molecule has 0 heterocycles. The highest BCUT2D eigenvalue weighted by atomic mass is 19.1. The van der Waals surface area contributed by atoms with E-state index in [-0.39, 0.29) is 24.5 Å². The van der Waals surface area contributed by atoms with Crippen LogP contribution in [0.1, 0.15) is 38.2 Å². The van der Waals surface area contributed by atoms with Crippen LogP contribution >= 0.6 is 0 Å². The number of halogens is 1. The van der Waals surface area contributed by atoms with Crippen LogP contribution in [-0.4, -0.2) is 34.7 Å². The molecule has 2 amide bonds. The lowest BCUT2D eigenvalue weighted by atomic mass is 10.2. The molecule has 1 saturated carbocycles. The number of amides is 2. The minimum atomic E-state index is -0.265. The fraction of sp³-hybridized carbons (Fsp3) is 0.562. The van der Waals surface area contributed by atoms with Crippen molar-refractivity contribution in [1.82, 2.24) is 10.2 Å². The Morgan fingerprint density at radius 1 is 1.43 bits per heavy atom. The lowest BCUT2D eigenvalue weighted by molar-refractivity contribution is 0.186. The fourth-order valence-electron chi connectivity index (χ4n) is 2.30. The summed E-state index contributed by atoms with van der Waals surface area (Å²) < 4.78 is 12.9. The first-order valence-electron chi connectivity index (χ1n) is 7.52. The first-order chi connectivity index (χ1) is 10.1. The molecule has 1 fully saturated rings. The molecule has 1 aliphatic carbocycles. The van der Waals surface area contributed by atoms with E-state index in [1.807, 2.05) is 11.8 Å². The molecule has 0 aromatic heterocycles. The van der Waals surface area contributed by atoms with Crippen LogP contribution in [-0.2, 0) is 6.54 Å². The monoisotopic (exact) mass is 294 g/mol. The van der Waals surface area contributed by atoms with Crippen LogP contribution in [0.2, 0.25) is 0 Å². The standard InChI is InChI=1S/C16H23FN2O2/c1-12(3-2-10-20)18-16(21)19(15-8-9-15)11-13-4-6-14(17)7-5-13/h4-7,12,15,20H,2-3,8-11H2,1H3,(H,18,21). The highest BCUT2D eigenvalue weighted by molar-refractivity contribution is 5.75. The van der Waals surface area contributed by atoms with Gasteiger partial charge in [0.1, 0.15) is 5.82 Å². The molecule has 2 N–H and O–H groups in total. The van der Waals surface area contributed by atoms with Crippen molar-refractivity contribution in [3.05, 3.63) is 35.6 Å². The number of aliphatic hydroxyl groups excluding tert-OH is 1. The highest BCUT2D eigenvalue weighted by Crippen LogP contribution is 2.28. The molecule has 21 heavy (non-hydrogen) atoms. The summed E-state index contributed by atoms with van der Waals surface area (Å²) in [7, 11) is 0. The summed E-state index contributed by atoms with van der Waals surface area (Å²) in [6.45, 7) is 2.59. The van der Waals surface area contributed by atoms with Gasteiger partial charge in [0, 0.05) is 25.2 Å². The third-order valence-corrected chi connectivity index (χ3v) is 3.68. The first-order valence-corrected chi connectivity index (χ1v) is 7.52. The average Bonchev–Trinajstić information content (AvgIpc) is 3.28. The second-order valence-electron chi connectivity index (χ2n) is 5.70. The van der Waals surface area contributed by atoms with Gasteiger partial charge in [-0.25, -0.2) is 9.18 Å². The number of aliphatic hydroxyl groups is 1. The van der Waals surface area contributed by atoms with Gasteiger partial charge in [-0.1, -0.05) is 12.1 Å². The first kappa shape index (κ1) is 15.8. The van der Waals surface area contributed by atoms with Crippen LogP contribution in [0.4, 0.5) is 9.18 Å². The highest BCUT2D eigenvalue weighted by Gasteiger charge is 2.32. The number of nitrogens with one attached hydrogen (secondary N) is 1. The third kappa shape index (κ3) is 5.01. The smallest absolute Gasteiger partial charge is 0.318 e. The Labute approximate surface area is 125 Å². The van der Waals surface area contributed by atoms with E-state index < -0.39 is 0 Å². The van der Waals surface area contributed by atoms with Gasteiger partial charge in [-0.05, 0) is 50.3 Å². The van der Waals surface area contributed by atoms with E-state index in [0.717, 1.165) is 24.8 Å². The number of nitrogens with zero attached hydrogens (tertiary/aromatic N) is 1. The summed E-state index contributed by atoms with van der Waals surface area (Å²) in [6, 6.07) is 6.52. The van der Waals surface area contributed by atoms with Gasteiger partial charge in [0.2, 0.25) is 0 Å². The second kappa shape index (κ2) is 7.41. The van der Waals surface area contributed by atoms with E-state index in [9.17, 15) is 9.18 Å². The summed E-state index contributed by atoms with van der Waals surface area (Å²) in [6.07, 6.45) is 3.50. The van der Waals surface area contributed by atoms with Gasteiger partial charge in [-0.15, -0.1) is 0 Å². The number of carbonyl (C=O) groups excluding carboxylic acids is 1. The summed E-state index contributed by atoms with van der Waals surface area (Å²) >= 11 is 0.